The van der Waals surface area contributed by atoms with Gasteiger partial charge in [-0.1, -0.05) is 23.8 Å². The van der Waals surface area contributed by atoms with Crippen LogP contribution in [0.4, 0.5) is 5.69 Å². The molecule has 0 heterocycles. The summed E-state index contributed by atoms with van der Waals surface area (Å²) in [5.74, 6) is 7.94. The third-order valence-electron chi connectivity index (χ3n) is 12.3. The molecule has 1 unspecified atom stereocenters. The van der Waals surface area contributed by atoms with E-state index in [4.69, 9.17) is 18.7 Å². The molecule has 8 saturated carbocycles. The molecule has 2 N–H and O–H groups in total. The van der Waals surface area contributed by atoms with Gasteiger partial charge in [0, 0.05) is 6.26 Å². The SMILES string of the molecule is CS(=O)(=O)[O-].Nc1ccccc1-c1[c-]cccc1.PCCCC(C12CC3CC(CC(C3)C1)C2)C12CC3CC(CC(C3)C1)C2.[Pd+2]. The van der Waals surface area contributed by atoms with Gasteiger partial charge in [0.15, 0.2) is 0 Å². The van der Waals surface area contributed by atoms with Crippen LogP contribution in [-0.2, 0) is 30.5 Å². The molecule has 8 fully saturated rings. The first-order valence-corrected chi connectivity index (χ1v) is 19.6. The first-order valence-electron chi connectivity index (χ1n) is 17.0. The number of nitrogen functional groups attached to an aromatic ring is 1. The summed E-state index contributed by atoms with van der Waals surface area (Å²) in [6, 6.07) is 18.8. The van der Waals surface area contributed by atoms with E-state index in [1.807, 2.05) is 48.5 Å². The molecule has 0 spiro atoms. The Kier molecular flexibility index (Phi) is 11.1. The van der Waals surface area contributed by atoms with Crippen molar-refractivity contribution >= 4 is 25.0 Å². The van der Waals surface area contributed by atoms with Crippen molar-refractivity contribution in [2.75, 3.05) is 18.2 Å². The zero-order valence-corrected chi connectivity index (χ0v) is 29.9. The molecule has 8 aliphatic rings. The minimum absolute atomic E-state index is 0. The molecular formula is C37H52NO3PPdS. The van der Waals surface area contributed by atoms with Gasteiger partial charge < -0.3 is 10.3 Å². The topological polar surface area (TPSA) is 83.2 Å². The predicted molar refractivity (Wildman–Crippen MR) is 179 cm³/mol. The van der Waals surface area contributed by atoms with Gasteiger partial charge in [0.1, 0.15) is 0 Å². The van der Waals surface area contributed by atoms with E-state index in [0.29, 0.717) is 6.26 Å². The van der Waals surface area contributed by atoms with E-state index >= 15 is 0 Å². The van der Waals surface area contributed by atoms with E-state index in [2.05, 4.69) is 15.3 Å². The fourth-order valence-electron chi connectivity index (χ4n) is 12.1. The molecule has 44 heavy (non-hydrogen) atoms. The number of rotatable bonds is 6. The summed E-state index contributed by atoms with van der Waals surface area (Å²) < 4.78 is 27.2. The van der Waals surface area contributed by atoms with Gasteiger partial charge >= 0.3 is 20.4 Å². The van der Waals surface area contributed by atoms with Crippen LogP contribution in [0.3, 0.4) is 0 Å². The number of hydrogen-bond donors (Lipinski definition) is 1. The van der Waals surface area contributed by atoms with Crippen molar-refractivity contribution in [2.24, 2.45) is 52.3 Å². The van der Waals surface area contributed by atoms with Crippen molar-refractivity contribution in [3.63, 3.8) is 0 Å². The van der Waals surface area contributed by atoms with Crippen molar-refractivity contribution in [3.8, 4) is 11.1 Å². The molecule has 0 radical (unpaired) electrons. The minimum atomic E-state index is -3.92. The summed E-state index contributed by atoms with van der Waals surface area (Å²) in [5.41, 5.74) is 10.3. The smallest absolute Gasteiger partial charge is 0.748 e. The Bertz CT molecular complexity index is 1230. The number of nitrogens with two attached hydrogens (primary N) is 1. The first kappa shape index (κ1) is 34.6. The second-order valence-corrected chi connectivity index (χ2v) is 17.6. The normalized spacial score (nSPS) is 36.3. The first-order chi connectivity index (χ1) is 20.5. The maximum absolute atomic E-state index is 9.08. The Morgan fingerprint density at radius 1 is 0.818 bits per heavy atom. The van der Waals surface area contributed by atoms with Gasteiger partial charge in [0.25, 0.3) is 0 Å². The molecule has 2 aromatic rings. The molecule has 0 aliphatic heterocycles. The van der Waals surface area contributed by atoms with E-state index < -0.39 is 10.1 Å². The zero-order chi connectivity index (χ0) is 30.2. The van der Waals surface area contributed by atoms with E-state index in [9.17, 15) is 0 Å². The molecule has 2 aromatic carbocycles. The second kappa shape index (κ2) is 14.2. The Morgan fingerprint density at radius 2 is 1.23 bits per heavy atom. The van der Waals surface area contributed by atoms with Crippen LogP contribution in [0.25, 0.3) is 11.1 Å². The van der Waals surface area contributed by atoms with Crippen LogP contribution in [0.1, 0.15) is 89.9 Å². The summed E-state index contributed by atoms with van der Waals surface area (Å²) in [5, 5.41) is 0. The molecular weight excluding hydrogens is 676 g/mol. The standard InChI is InChI=1S/C24H39P.C12H10N.CH4O3S.Pd/c25-3-1-2-22(23-10-16-4-17(11-23)6-18(5-16)12-23)24-13-19-7-20(14-24)9-21(8-19)15-24;13-12-9-5-4-8-11(12)10-6-2-1-3-7-10;1-5(2,3)4;/h16-22H,1-15,25H2;1-6,8-9H,13H2;1H3,(H,2,3,4);/q;-1;;+2/p-1. The number of benzene rings is 2. The molecule has 0 amide bonds. The Balaban J connectivity index is 0.000000171. The van der Waals surface area contributed by atoms with E-state index in [1.54, 1.807) is 83.5 Å². The van der Waals surface area contributed by atoms with Gasteiger partial charge in [0.05, 0.1) is 10.1 Å². The van der Waals surface area contributed by atoms with Crippen LogP contribution in [0.5, 0.6) is 0 Å². The number of hydrogen-bond acceptors (Lipinski definition) is 4. The fourth-order valence-corrected chi connectivity index (χ4v) is 12.3. The summed E-state index contributed by atoms with van der Waals surface area (Å²) in [6.45, 7) is 0. The van der Waals surface area contributed by atoms with Crippen LogP contribution >= 0.6 is 9.24 Å². The van der Waals surface area contributed by atoms with Crippen molar-refractivity contribution in [1.82, 2.24) is 0 Å². The Morgan fingerprint density at radius 3 is 1.59 bits per heavy atom. The van der Waals surface area contributed by atoms with E-state index in [-0.39, 0.29) is 20.4 Å². The predicted octanol–water partition coefficient (Wildman–Crippen LogP) is 8.59. The zero-order valence-electron chi connectivity index (χ0n) is 26.4. The van der Waals surface area contributed by atoms with Gasteiger partial charge in [-0.25, -0.2) is 8.42 Å². The molecule has 0 saturated heterocycles. The van der Waals surface area contributed by atoms with Crippen molar-refractivity contribution in [1.29, 1.82) is 0 Å². The molecule has 7 heteroatoms. The Hall–Kier alpha value is -0.758. The molecule has 4 nitrogen and oxygen atoms in total. The number of anilines is 1. The van der Waals surface area contributed by atoms with Crippen molar-refractivity contribution in [2.45, 2.75) is 89.9 Å². The largest absolute Gasteiger partial charge is 2.00 e. The maximum Gasteiger partial charge on any atom is 2.00 e. The minimum Gasteiger partial charge on any atom is -0.748 e. The third kappa shape index (κ3) is 7.85. The molecule has 0 aromatic heterocycles. The van der Waals surface area contributed by atoms with Gasteiger partial charge in [-0.2, -0.15) is 0 Å². The average Bonchev–Trinajstić information content (AvgIpc) is 2.92. The van der Waals surface area contributed by atoms with Gasteiger partial charge in [0.2, 0.25) is 0 Å². The van der Waals surface area contributed by atoms with Crippen LogP contribution in [0, 0.1) is 58.3 Å². The van der Waals surface area contributed by atoms with Crippen LogP contribution in [0.15, 0.2) is 48.5 Å². The summed E-state index contributed by atoms with van der Waals surface area (Å²) in [6.07, 6.45) is 24.7. The molecule has 8 aliphatic carbocycles. The maximum atomic E-state index is 9.08. The summed E-state index contributed by atoms with van der Waals surface area (Å²) in [7, 11) is -0.873. The average molecular weight is 728 g/mol. The van der Waals surface area contributed by atoms with Crippen molar-refractivity contribution < 1.29 is 33.4 Å². The molecule has 10 rings (SSSR count). The van der Waals surface area contributed by atoms with Gasteiger partial charge in [-0.05, 0) is 160 Å². The van der Waals surface area contributed by atoms with Crippen LogP contribution in [0.2, 0.25) is 0 Å². The van der Waals surface area contributed by atoms with E-state index in [0.717, 1.165) is 69.1 Å². The molecule has 8 bridgehead atoms. The third-order valence-corrected chi connectivity index (χ3v) is 12.7. The Labute approximate surface area is 283 Å². The van der Waals surface area contributed by atoms with Crippen LogP contribution < -0.4 is 5.73 Å². The monoisotopic (exact) mass is 727 g/mol. The van der Waals surface area contributed by atoms with Gasteiger partial charge in [-0.3, -0.25) is 0 Å². The molecule has 244 valence electrons. The summed E-state index contributed by atoms with van der Waals surface area (Å²) >= 11 is 0. The number of para-hydroxylation sites is 1. The van der Waals surface area contributed by atoms with Crippen molar-refractivity contribution in [3.05, 3.63) is 54.6 Å². The summed E-state index contributed by atoms with van der Waals surface area (Å²) in [4.78, 5) is 0. The van der Waals surface area contributed by atoms with Crippen LogP contribution in [-0.4, -0.2) is 25.4 Å². The van der Waals surface area contributed by atoms with Gasteiger partial charge in [-0.15, -0.1) is 45.1 Å². The fraction of sp³-hybridized carbons (Fsp3) is 0.676. The molecule has 1 atom stereocenters. The second-order valence-electron chi connectivity index (χ2n) is 15.6. The van der Waals surface area contributed by atoms with E-state index in [1.165, 1.54) is 12.6 Å². The quantitative estimate of drug-likeness (QED) is 0.106.